The SMILES string of the molecule is C=CCNC(=S)N/N=C\c1cc(OC)c(OC)cc1Br. The van der Waals surface area contributed by atoms with Gasteiger partial charge in [0.05, 0.1) is 20.4 Å². The van der Waals surface area contributed by atoms with E-state index in [1.54, 1.807) is 26.5 Å². The van der Waals surface area contributed by atoms with Gasteiger partial charge in [0, 0.05) is 16.6 Å². The molecule has 1 aromatic carbocycles. The summed E-state index contributed by atoms with van der Waals surface area (Å²) in [7, 11) is 3.17. The third-order valence-corrected chi connectivity index (χ3v) is 3.20. The number of hydrogen-bond acceptors (Lipinski definition) is 4. The first-order valence-electron chi connectivity index (χ1n) is 5.71. The largest absolute Gasteiger partial charge is 0.493 e. The van der Waals surface area contributed by atoms with E-state index in [4.69, 9.17) is 21.7 Å². The van der Waals surface area contributed by atoms with Gasteiger partial charge in [0.2, 0.25) is 0 Å². The average molecular weight is 358 g/mol. The Labute approximate surface area is 132 Å². The molecule has 108 valence electrons. The maximum atomic E-state index is 5.24. The van der Waals surface area contributed by atoms with Crippen molar-refractivity contribution in [2.45, 2.75) is 0 Å². The molecule has 7 heteroatoms. The highest BCUT2D eigenvalue weighted by Gasteiger charge is 2.08. The molecule has 0 saturated heterocycles. The van der Waals surface area contributed by atoms with Gasteiger partial charge in [-0.1, -0.05) is 6.08 Å². The van der Waals surface area contributed by atoms with Crippen LogP contribution in [0.2, 0.25) is 0 Å². The average Bonchev–Trinajstić information content (AvgIpc) is 2.46. The van der Waals surface area contributed by atoms with E-state index in [-0.39, 0.29) is 0 Å². The van der Waals surface area contributed by atoms with Crippen molar-refractivity contribution in [2.24, 2.45) is 5.10 Å². The zero-order valence-electron chi connectivity index (χ0n) is 11.3. The van der Waals surface area contributed by atoms with E-state index in [2.05, 4.69) is 38.4 Å². The van der Waals surface area contributed by atoms with E-state index in [0.29, 0.717) is 23.2 Å². The Hall–Kier alpha value is -1.60. The van der Waals surface area contributed by atoms with Gasteiger partial charge in [-0.15, -0.1) is 6.58 Å². The van der Waals surface area contributed by atoms with Gasteiger partial charge >= 0.3 is 0 Å². The quantitative estimate of drug-likeness (QED) is 0.354. The lowest BCUT2D eigenvalue weighted by atomic mass is 10.2. The number of hydrazone groups is 1. The van der Waals surface area contributed by atoms with Crippen LogP contribution >= 0.6 is 28.1 Å². The lowest BCUT2D eigenvalue weighted by Gasteiger charge is -2.09. The smallest absolute Gasteiger partial charge is 0.187 e. The van der Waals surface area contributed by atoms with Crippen LogP contribution < -0.4 is 20.2 Å². The molecule has 0 aliphatic heterocycles. The van der Waals surface area contributed by atoms with Crippen molar-refractivity contribution in [1.82, 2.24) is 10.7 Å². The summed E-state index contributed by atoms with van der Waals surface area (Å²) in [6.45, 7) is 4.17. The minimum absolute atomic E-state index is 0.428. The molecule has 1 aromatic rings. The number of rotatable bonds is 6. The Bertz CT molecular complexity index is 521. The molecule has 0 spiro atoms. The number of benzene rings is 1. The first kappa shape index (κ1) is 16.5. The van der Waals surface area contributed by atoms with Gasteiger partial charge in [0.1, 0.15) is 0 Å². The van der Waals surface area contributed by atoms with E-state index in [9.17, 15) is 0 Å². The van der Waals surface area contributed by atoms with E-state index in [1.807, 2.05) is 12.1 Å². The third-order valence-electron chi connectivity index (χ3n) is 2.28. The summed E-state index contributed by atoms with van der Waals surface area (Å²) in [4.78, 5) is 0. The first-order valence-corrected chi connectivity index (χ1v) is 6.91. The standard InChI is InChI=1S/C13H16BrN3O2S/c1-4-5-15-13(20)17-16-8-9-6-11(18-2)12(19-3)7-10(9)14/h4,6-8H,1,5H2,2-3H3,(H2,15,17,20)/b16-8-. The Kier molecular flexibility index (Phi) is 7.03. The number of methoxy groups -OCH3 is 2. The van der Waals surface area contributed by atoms with Gasteiger partial charge in [-0.05, 0) is 40.3 Å². The summed E-state index contributed by atoms with van der Waals surface area (Å²) in [6.07, 6.45) is 3.34. The second kappa shape index (κ2) is 8.55. The van der Waals surface area contributed by atoms with Gasteiger partial charge in [0.25, 0.3) is 0 Å². The number of hydrogen-bond donors (Lipinski definition) is 2. The topological polar surface area (TPSA) is 54.9 Å². The summed E-state index contributed by atoms with van der Waals surface area (Å²) in [5, 5.41) is 7.38. The number of thiocarbonyl (C=S) groups is 1. The minimum atomic E-state index is 0.428. The third kappa shape index (κ3) is 4.82. The molecule has 20 heavy (non-hydrogen) atoms. The summed E-state index contributed by atoms with van der Waals surface area (Å²) in [5.41, 5.74) is 3.54. The highest BCUT2D eigenvalue weighted by atomic mass is 79.9. The molecule has 0 heterocycles. The van der Waals surface area contributed by atoms with Gasteiger partial charge in [0.15, 0.2) is 16.6 Å². The van der Waals surface area contributed by atoms with E-state index >= 15 is 0 Å². The predicted octanol–water partition coefficient (Wildman–Crippen LogP) is 2.45. The zero-order chi connectivity index (χ0) is 15.0. The molecule has 0 amide bonds. The summed E-state index contributed by atoms with van der Waals surface area (Å²) >= 11 is 8.46. The summed E-state index contributed by atoms with van der Waals surface area (Å²) < 4.78 is 11.3. The molecule has 1 rings (SSSR count). The maximum absolute atomic E-state index is 5.24. The molecule has 0 bridgehead atoms. The Morgan fingerprint density at radius 1 is 1.40 bits per heavy atom. The first-order chi connectivity index (χ1) is 9.62. The van der Waals surface area contributed by atoms with Crippen LogP contribution in [0.15, 0.2) is 34.4 Å². The van der Waals surface area contributed by atoms with Crippen LogP contribution in [0, 0.1) is 0 Å². The highest BCUT2D eigenvalue weighted by molar-refractivity contribution is 9.10. The van der Waals surface area contributed by atoms with Crippen molar-refractivity contribution in [3.8, 4) is 11.5 Å². The van der Waals surface area contributed by atoms with Crippen LogP contribution in [0.4, 0.5) is 0 Å². The second-order valence-electron chi connectivity index (χ2n) is 3.60. The molecule has 0 aliphatic rings. The Morgan fingerprint density at radius 3 is 2.65 bits per heavy atom. The van der Waals surface area contributed by atoms with Gasteiger partial charge in [-0.25, -0.2) is 0 Å². The molecular formula is C13H16BrN3O2S. The van der Waals surface area contributed by atoms with E-state index in [0.717, 1.165) is 10.0 Å². The molecule has 0 atom stereocenters. The molecule has 0 unspecified atom stereocenters. The van der Waals surface area contributed by atoms with Crippen LogP contribution in [0.25, 0.3) is 0 Å². The molecule has 2 N–H and O–H groups in total. The van der Waals surface area contributed by atoms with Crippen LogP contribution in [-0.4, -0.2) is 32.1 Å². The summed E-state index contributed by atoms with van der Waals surface area (Å²) in [5.74, 6) is 1.28. The fourth-order valence-corrected chi connectivity index (χ4v) is 1.89. The van der Waals surface area contributed by atoms with Crippen molar-refractivity contribution in [3.63, 3.8) is 0 Å². The van der Waals surface area contributed by atoms with Gasteiger partial charge in [-0.2, -0.15) is 5.10 Å². The lowest BCUT2D eigenvalue weighted by molar-refractivity contribution is 0.354. The molecule has 0 aromatic heterocycles. The molecule has 5 nitrogen and oxygen atoms in total. The Morgan fingerprint density at radius 2 is 2.05 bits per heavy atom. The minimum Gasteiger partial charge on any atom is -0.493 e. The monoisotopic (exact) mass is 357 g/mol. The second-order valence-corrected chi connectivity index (χ2v) is 4.86. The molecule has 0 saturated carbocycles. The zero-order valence-corrected chi connectivity index (χ0v) is 13.7. The molecule has 0 aliphatic carbocycles. The van der Waals surface area contributed by atoms with Crippen molar-refractivity contribution in [1.29, 1.82) is 0 Å². The van der Waals surface area contributed by atoms with Gasteiger partial charge < -0.3 is 14.8 Å². The van der Waals surface area contributed by atoms with Gasteiger partial charge in [-0.3, -0.25) is 5.43 Å². The van der Waals surface area contributed by atoms with Crippen molar-refractivity contribution in [2.75, 3.05) is 20.8 Å². The van der Waals surface area contributed by atoms with E-state index in [1.165, 1.54) is 0 Å². The van der Waals surface area contributed by atoms with Crippen molar-refractivity contribution in [3.05, 3.63) is 34.8 Å². The normalized spacial score (nSPS) is 10.2. The van der Waals surface area contributed by atoms with Crippen molar-refractivity contribution >= 4 is 39.5 Å². The fraction of sp³-hybridized carbons (Fsp3) is 0.231. The molecule has 0 radical (unpaired) electrons. The van der Waals surface area contributed by atoms with Crippen LogP contribution in [-0.2, 0) is 0 Å². The van der Waals surface area contributed by atoms with Crippen molar-refractivity contribution < 1.29 is 9.47 Å². The molecule has 0 fully saturated rings. The lowest BCUT2D eigenvalue weighted by Crippen LogP contribution is -2.31. The number of halogens is 1. The highest BCUT2D eigenvalue weighted by Crippen LogP contribution is 2.32. The van der Waals surface area contributed by atoms with E-state index < -0.39 is 0 Å². The predicted molar refractivity (Wildman–Crippen MR) is 88.8 cm³/mol. The Balaban J connectivity index is 2.76. The number of nitrogens with one attached hydrogen (secondary N) is 2. The van der Waals surface area contributed by atoms with Crippen LogP contribution in [0.1, 0.15) is 5.56 Å². The van der Waals surface area contributed by atoms with Crippen LogP contribution in [0.3, 0.4) is 0 Å². The molecular weight excluding hydrogens is 342 g/mol. The summed E-state index contributed by atoms with van der Waals surface area (Å²) in [6, 6.07) is 3.63. The number of ether oxygens (including phenoxy) is 2. The van der Waals surface area contributed by atoms with Crippen LogP contribution in [0.5, 0.6) is 11.5 Å². The fourth-order valence-electron chi connectivity index (χ4n) is 1.33. The maximum Gasteiger partial charge on any atom is 0.187 e. The number of nitrogens with zero attached hydrogens (tertiary/aromatic N) is 1.